The van der Waals surface area contributed by atoms with Crippen LogP contribution in [0, 0.1) is 0 Å². The fraction of sp³-hybridized carbons (Fsp3) is 1.00. The highest BCUT2D eigenvalue weighted by atomic mass is 19.4. The van der Waals surface area contributed by atoms with Crippen LogP contribution in [0.2, 0.25) is 0 Å². The van der Waals surface area contributed by atoms with Crippen molar-refractivity contribution < 1.29 is 49.7 Å². The van der Waals surface area contributed by atoms with E-state index in [0.29, 0.717) is 0 Å². The minimum absolute atomic E-state index is 5.01. The van der Waals surface area contributed by atoms with E-state index in [4.69, 9.17) is 10.2 Å². The Bertz CT molecular complexity index is 234. The molecular formula is C5H3F9O2. The molecule has 0 aromatic heterocycles. The standard InChI is InChI=1S/C5H3F9O2/c6-3(7,8)1(15)2(16,4(9,10)11)5(12,13)14/h1,15-16H. The van der Waals surface area contributed by atoms with E-state index in [0.717, 1.165) is 0 Å². The molecular weight excluding hydrogens is 263 g/mol. The van der Waals surface area contributed by atoms with E-state index in [-0.39, 0.29) is 0 Å². The van der Waals surface area contributed by atoms with E-state index < -0.39 is 30.2 Å². The number of alkyl halides is 9. The van der Waals surface area contributed by atoms with Crippen LogP contribution in [-0.2, 0) is 0 Å². The number of aliphatic hydroxyl groups is 2. The summed E-state index contributed by atoms with van der Waals surface area (Å²) in [4.78, 5) is 0. The van der Waals surface area contributed by atoms with Gasteiger partial charge in [-0.2, -0.15) is 39.5 Å². The average molecular weight is 266 g/mol. The Morgan fingerprint density at radius 3 is 1.00 bits per heavy atom. The molecule has 98 valence electrons. The van der Waals surface area contributed by atoms with Crippen LogP contribution < -0.4 is 0 Å². The van der Waals surface area contributed by atoms with Gasteiger partial charge in [-0.25, -0.2) is 0 Å². The van der Waals surface area contributed by atoms with Crippen LogP contribution in [-0.4, -0.2) is 40.4 Å². The average Bonchev–Trinajstić information content (AvgIpc) is 1.95. The first-order valence-electron chi connectivity index (χ1n) is 3.26. The lowest BCUT2D eigenvalue weighted by molar-refractivity contribution is -0.419. The highest BCUT2D eigenvalue weighted by molar-refractivity contribution is 5.02. The Hall–Kier alpha value is -0.710. The van der Waals surface area contributed by atoms with Gasteiger partial charge < -0.3 is 10.2 Å². The third-order valence-electron chi connectivity index (χ3n) is 1.57. The van der Waals surface area contributed by atoms with Crippen molar-refractivity contribution in [2.45, 2.75) is 30.2 Å². The predicted molar refractivity (Wildman–Crippen MR) is 29.1 cm³/mol. The van der Waals surface area contributed by atoms with Crippen molar-refractivity contribution in [3.63, 3.8) is 0 Å². The molecule has 11 heteroatoms. The maximum atomic E-state index is 11.8. The quantitative estimate of drug-likeness (QED) is 0.710. The van der Waals surface area contributed by atoms with Crippen LogP contribution in [0.5, 0.6) is 0 Å². The Morgan fingerprint density at radius 1 is 0.688 bits per heavy atom. The molecule has 0 aliphatic carbocycles. The molecule has 2 N–H and O–H groups in total. The lowest BCUT2D eigenvalue weighted by Gasteiger charge is -2.36. The van der Waals surface area contributed by atoms with Crippen molar-refractivity contribution in [1.82, 2.24) is 0 Å². The summed E-state index contributed by atoms with van der Waals surface area (Å²) in [5, 5.41) is 16.0. The van der Waals surface area contributed by atoms with Gasteiger partial charge in [0, 0.05) is 0 Å². The molecule has 0 aromatic rings. The second-order valence-electron chi connectivity index (χ2n) is 2.71. The summed E-state index contributed by atoms with van der Waals surface area (Å²) in [5.74, 6) is 0. The van der Waals surface area contributed by atoms with Crippen molar-refractivity contribution >= 4 is 0 Å². The number of halogens is 9. The zero-order valence-corrected chi connectivity index (χ0v) is 6.87. The van der Waals surface area contributed by atoms with Crippen molar-refractivity contribution in [1.29, 1.82) is 0 Å². The van der Waals surface area contributed by atoms with Gasteiger partial charge in [0.05, 0.1) is 0 Å². The second-order valence-corrected chi connectivity index (χ2v) is 2.71. The third-order valence-corrected chi connectivity index (χ3v) is 1.57. The first-order valence-corrected chi connectivity index (χ1v) is 3.26. The Morgan fingerprint density at radius 2 is 0.938 bits per heavy atom. The van der Waals surface area contributed by atoms with Gasteiger partial charge in [-0.1, -0.05) is 0 Å². The van der Waals surface area contributed by atoms with Crippen LogP contribution in [0.15, 0.2) is 0 Å². The fourth-order valence-electron chi connectivity index (χ4n) is 0.708. The molecule has 0 fully saturated rings. The maximum Gasteiger partial charge on any atom is 0.429 e. The highest BCUT2D eigenvalue weighted by Crippen LogP contribution is 2.48. The van der Waals surface area contributed by atoms with Crippen LogP contribution in [0.3, 0.4) is 0 Å². The lowest BCUT2D eigenvalue weighted by atomic mass is 9.94. The van der Waals surface area contributed by atoms with E-state index in [1.54, 1.807) is 0 Å². The van der Waals surface area contributed by atoms with Crippen LogP contribution >= 0.6 is 0 Å². The number of hydrogen-bond donors (Lipinski definition) is 2. The first-order chi connectivity index (χ1) is 6.65. The molecule has 1 atom stereocenters. The molecule has 0 bridgehead atoms. The molecule has 0 aliphatic heterocycles. The molecule has 1 unspecified atom stereocenters. The van der Waals surface area contributed by atoms with E-state index in [1.165, 1.54) is 0 Å². The number of rotatable bonds is 1. The summed E-state index contributed by atoms with van der Waals surface area (Å²) in [6.45, 7) is 0. The monoisotopic (exact) mass is 266 g/mol. The summed E-state index contributed by atoms with van der Waals surface area (Å²) in [5.41, 5.74) is -6.25. The largest absolute Gasteiger partial charge is 0.429 e. The fourth-order valence-corrected chi connectivity index (χ4v) is 0.708. The first kappa shape index (κ1) is 15.3. The van der Waals surface area contributed by atoms with Crippen LogP contribution in [0.1, 0.15) is 0 Å². The van der Waals surface area contributed by atoms with Gasteiger partial charge in [-0.15, -0.1) is 0 Å². The van der Waals surface area contributed by atoms with Crippen molar-refractivity contribution in [2.75, 3.05) is 0 Å². The predicted octanol–water partition coefficient (Wildman–Crippen LogP) is 1.77. The van der Waals surface area contributed by atoms with Crippen molar-refractivity contribution in [2.24, 2.45) is 0 Å². The molecule has 0 spiro atoms. The van der Waals surface area contributed by atoms with Crippen molar-refractivity contribution in [3.8, 4) is 0 Å². The van der Waals surface area contributed by atoms with Gasteiger partial charge in [-0.05, 0) is 0 Å². The Balaban J connectivity index is 5.63. The van der Waals surface area contributed by atoms with Gasteiger partial charge >= 0.3 is 18.5 Å². The van der Waals surface area contributed by atoms with Crippen LogP contribution in [0.4, 0.5) is 39.5 Å². The summed E-state index contributed by atoms with van der Waals surface area (Å²) in [6.07, 6.45) is -24.7. The van der Waals surface area contributed by atoms with E-state index in [1.807, 2.05) is 0 Å². The van der Waals surface area contributed by atoms with Gasteiger partial charge in [0.15, 0.2) is 6.10 Å². The smallest absolute Gasteiger partial charge is 0.381 e. The summed E-state index contributed by atoms with van der Waals surface area (Å²) in [6, 6.07) is 0. The number of aliphatic hydroxyl groups excluding tert-OH is 1. The molecule has 0 aliphatic rings. The van der Waals surface area contributed by atoms with Gasteiger partial charge in [-0.3, -0.25) is 0 Å². The van der Waals surface area contributed by atoms with Crippen LogP contribution in [0.25, 0.3) is 0 Å². The molecule has 0 saturated heterocycles. The Labute approximate surface area is 81.3 Å². The topological polar surface area (TPSA) is 40.5 Å². The lowest BCUT2D eigenvalue weighted by Crippen LogP contribution is -2.67. The Kier molecular flexibility index (Phi) is 3.49. The molecule has 0 saturated carbocycles. The molecule has 0 amide bonds. The molecule has 0 rings (SSSR count). The minimum atomic E-state index is -6.72. The molecule has 0 heterocycles. The minimum Gasteiger partial charge on any atom is -0.381 e. The van der Waals surface area contributed by atoms with E-state index in [9.17, 15) is 39.5 Å². The summed E-state index contributed by atoms with van der Waals surface area (Å²) in [7, 11) is 0. The molecule has 0 radical (unpaired) electrons. The SMILES string of the molecule is OC(C(F)(F)F)C(O)(C(F)(F)F)C(F)(F)F. The van der Waals surface area contributed by atoms with Gasteiger partial charge in [0.1, 0.15) is 0 Å². The maximum absolute atomic E-state index is 11.8. The van der Waals surface area contributed by atoms with Crippen molar-refractivity contribution in [3.05, 3.63) is 0 Å². The number of hydrogen-bond acceptors (Lipinski definition) is 2. The molecule has 0 aromatic carbocycles. The zero-order chi connectivity index (χ0) is 13.6. The normalized spacial score (nSPS) is 17.4. The second kappa shape index (κ2) is 3.65. The van der Waals surface area contributed by atoms with E-state index in [2.05, 4.69) is 0 Å². The van der Waals surface area contributed by atoms with Gasteiger partial charge in [0.25, 0.3) is 5.60 Å². The van der Waals surface area contributed by atoms with E-state index >= 15 is 0 Å². The zero-order valence-electron chi connectivity index (χ0n) is 6.87. The summed E-state index contributed by atoms with van der Waals surface area (Å²) < 4.78 is 105. The van der Waals surface area contributed by atoms with Gasteiger partial charge in [0.2, 0.25) is 0 Å². The third kappa shape index (κ3) is 2.34. The molecule has 16 heavy (non-hydrogen) atoms. The molecule has 2 nitrogen and oxygen atoms in total. The summed E-state index contributed by atoms with van der Waals surface area (Å²) >= 11 is 0. The highest BCUT2D eigenvalue weighted by Gasteiger charge is 2.78.